The number of ether oxygens (including phenoxy) is 1. The molecule has 0 radical (unpaired) electrons. The predicted molar refractivity (Wildman–Crippen MR) is 115 cm³/mol. The summed E-state index contributed by atoms with van der Waals surface area (Å²) in [4.78, 5) is 18.4. The molecule has 0 spiro atoms. The van der Waals surface area contributed by atoms with Crippen LogP contribution in [0.5, 0.6) is 0 Å². The summed E-state index contributed by atoms with van der Waals surface area (Å²) in [6.07, 6.45) is 11.4. The summed E-state index contributed by atoms with van der Waals surface area (Å²) in [5.74, 6) is 0.00193. The fourth-order valence-corrected chi connectivity index (χ4v) is 3.36. The number of carbonyl (C=O) groups is 1. The van der Waals surface area contributed by atoms with Crippen LogP contribution in [0.4, 0.5) is 0 Å². The third-order valence-electron chi connectivity index (χ3n) is 4.80. The number of rotatable bonds is 3. The van der Waals surface area contributed by atoms with Crippen LogP contribution in [-0.2, 0) is 16.0 Å². The number of benzene rings is 1. The number of aryl methyl sites for hydroxylation is 2. The maximum absolute atomic E-state index is 13.1. The van der Waals surface area contributed by atoms with Crippen molar-refractivity contribution in [3.05, 3.63) is 58.7 Å². The van der Waals surface area contributed by atoms with Crippen LogP contribution >= 0.6 is 0 Å². The molecule has 0 amide bonds. The molecule has 0 saturated carbocycles. The Kier molecular flexibility index (Phi) is 8.49. The minimum absolute atomic E-state index is 0.132. The Labute approximate surface area is 169 Å². The highest BCUT2D eigenvalue weighted by atomic mass is 16.6. The van der Waals surface area contributed by atoms with Gasteiger partial charge in [-0.2, -0.15) is 0 Å². The van der Waals surface area contributed by atoms with E-state index in [0.29, 0.717) is 18.6 Å². The summed E-state index contributed by atoms with van der Waals surface area (Å²) in [5, 5.41) is 4.26. The van der Waals surface area contributed by atoms with Gasteiger partial charge in [0.25, 0.3) is 0 Å². The first-order valence-electron chi connectivity index (χ1n) is 10.2. The number of hydrogen-bond acceptors (Lipinski definition) is 4. The van der Waals surface area contributed by atoms with Gasteiger partial charge in [0.05, 0.1) is 11.3 Å². The van der Waals surface area contributed by atoms with E-state index in [2.05, 4.69) is 43.3 Å². The topological polar surface area (TPSA) is 47.9 Å². The summed E-state index contributed by atoms with van der Waals surface area (Å²) in [6.45, 7) is 10.6. The second-order valence-corrected chi connectivity index (χ2v) is 7.67. The summed E-state index contributed by atoms with van der Waals surface area (Å²) in [7, 11) is 0. The van der Waals surface area contributed by atoms with E-state index in [4.69, 9.17) is 9.57 Å². The predicted octanol–water partition coefficient (Wildman–Crippen LogP) is 5.72. The van der Waals surface area contributed by atoms with Gasteiger partial charge in [-0.1, -0.05) is 54.9 Å². The monoisotopic (exact) mass is 383 g/mol. The van der Waals surface area contributed by atoms with Crippen molar-refractivity contribution < 1.29 is 14.4 Å². The maximum Gasteiger partial charge on any atom is 0.338 e. The number of cyclic esters (lactones) is 1. The lowest BCUT2D eigenvalue weighted by atomic mass is 9.94. The molecule has 1 aliphatic heterocycles. The summed E-state index contributed by atoms with van der Waals surface area (Å²) >= 11 is 0. The third-order valence-corrected chi connectivity index (χ3v) is 4.80. The minimum Gasteiger partial charge on any atom is -0.458 e. The van der Waals surface area contributed by atoms with E-state index >= 15 is 0 Å². The average Bonchev–Trinajstić information content (AvgIpc) is 2.62. The molecular formula is C24H33NO3. The van der Waals surface area contributed by atoms with Crippen molar-refractivity contribution in [2.45, 2.75) is 66.4 Å². The molecule has 4 heteroatoms. The average molecular weight is 384 g/mol. The van der Waals surface area contributed by atoms with Crippen LogP contribution in [-0.4, -0.2) is 24.4 Å². The maximum atomic E-state index is 13.1. The highest BCUT2D eigenvalue weighted by Gasteiger charge is 2.23. The quantitative estimate of drug-likeness (QED) is 0.381. The molecule has 4 nitrogen and oxygen atoms in total. The Bertz CT molecular complexity index is 759. The molecule has 28 heavy (non-hydrogen) atoms. The number of oxime groups is 1. The Balaban J connectivity index is 2.49. The van der Waals surface area contributed by atoms with Gasteiger partial charge in [-0.25, -0.2) is 4.79 Å². The van der Waals surface area contributed by atoms with Gasteiger partial charge < -0.3 is 9.57 Å². The summed E-state index contributed by atoms with van der Waals surface area (Å²) in [6, 6.07) is 4.08. The fourth-order valence-electron chi connectivity index (χ4n) is 3.36. The first-order chi connectivity index (χ1) is 13.4. The third kappa shape index (κ3) is 6.36. The molecule has 0 unspecified atom stereocenters. The van der Waals surface area contributed by atoms with Crippen LogP contribution in [0, 0.1) is 19.8 Å². The molecule has 0 fully saturated rings. The lowest BCUT2D eigenvalue weighted by Gasteiger charge is -2.22. The molecule has 1 aromatic rings. The van der Waals surface area contributed by atoms with E-state index < -0.39 is 0 Å². The van der Waals surface area contributed by atoms with Crippen molar-refractivity contribution >= 4 is 11.7 Å². The van der Waals surface area contributed by atoms with Gasteiger partial charge in [0, 0.05) is 12.8 Å². The van der Waals surface area contributed by atoms with Gasteiger partial charge in [0.2, 0.25) is 0 Å². The highest BCUT2D eigenvalue weighted by Crippen LogP contribution is 2.23. The van der Waals surface area contributed by atoms with Crippen LogP contribution in [0.15, 0.2) is 41.6 Å². The Morgan fingerprint density at radius 3 is 2.64 bits per heavy atom. The van der Waals surface area contributed by atoms with Crippen molar-refractivity contribution in [3.8, 4) is 0 Å². The highest BCUT2D eigenvalue weighted by molar-refractivity contribution is 5.99. The van der Waals surface area contributed by atoms with E-state index in [9.17, 15) is 4.79 Å². The zero-order valence-corrected chi connectivity index (χ0v) is 17.8. The lowest BCUT2D eigenvalue weighted by molar-refractivity contribution is 0.0191. The molecule has 1 aromatic carbocycles. The molecule has 1 atom stereocenters. The SMILES string of the molecule is CCON=C1C=CCC/C=C/C[C@@H](C(C)C)OC(=O)c2c(C)cc(C)cc2C1. The van der Waals surface area contributed by atoms with Crippen LogP contribution in [0.25, 0.3) is 0 Å². The van der Waals surface area contributed by atoms with Crippen LogP contribution in [0.3, 0.4) is 0 Å². The van der Waals surface area contributed by atoms with Gasteiger partial charge in [-0.15, -0.1) is 0 Å². The number of esters is 1. The number of fused-ring (bicyclic) bond motifs is 1. The molecule has 0 bridgehead atoms. The Hall–Kier alpha value is -2.36. The van der Waals surface area contributed by atoms with Crippen molar-refractivity contribution in [2.75, 3.05) is 6.61 Å². The molecule has 0 aromatic heterocycles. The first-order valence-corrected chi connectivity index (χ1v) is 10.2. The molecule has 1 aliphatic rings. The minimum atomic E-state index is -0.253. The van der Waals surface area contributed by atoms with Gasteiger partial charge in [-0.05, 0) is 56.7 Å². The molecule has 0 saturated heterocycles. The molecule has 152 valence electrons. The van der Waals surface area contributed by atoms with E-state index in [1.54, 1.807) is 0 Å². The van der Waals surface area contributed by atoms with E-state index in [-0.39, 0.29) is 18.0 Å². The Morgan fingerprint density at radius 2 is 1.93 bits per heavy atom. The second-order valence-electron chi connectivity index (χ2n) is 7.67. The number of carbonyl (C=O) groups excluding carboxylic acids is 1. The lowest BCUT2D eigenvalue weighted by Crippen LogP contribution is -2.25. The van der Waals surface area contributed by atoms with Crippen molar-refractivity contribution in [3.63, 3.8) is 0 Å². The molecule has 0 N–H and O–H groups in total. The smallest absolute Gasteiger partial charge is 0.338 e. The molecule has 1 heterocycles. The molecule has 2 rings (SSSR count). The standard InChI is InChI=1S/C24H33NO3/c1-6-27-25-21-12-10-8-7-9-11-13-22(17(2)3)28-24(26)23-19(5)14-18(4)15-20(23)16-21/h9-12,14-15,17,22H,6-8,13,16H2,1-5H3/b11-9+,12-10?,25-21?/t22-/m0/s1. The van der Waals surface area contributed by atoms with E-state index in [0.717, 1.165) is 41.7 Å². The zero-order chi connectivity index (χ0) is 20.5. The summed E-state index contributed by atoms with van der Waals surface area (Å²) in [5.41, 5.74) is 4.44. The van der Waals surface area contributed by atoms with Crippen LogP contribution in [0.2, 0.25) is 0 Å². The zero-order valence-electron chi connectivity index (χ0n) is 17.8. The van der Waals surface area contributed by atoms with Gasteiger partial charge in [0.15, 0.2) is 0 Å². The van der Waals surface area contributed by atoms with Gasteiger partial charge in [0.1, 0.15) is 12.7 Å². The normalized spacial score (nSPS) is 21.1. The van der Waals surface area contributed by atoms with Gasteiger partial charge >= 0.3 is 5.97 Å². The van der Waals surface area contributed by atoms with E-state index in [1.807, 2.05) is 32.9 Å². The second kappa shape index (κ2) is 10.8. The van der Waals surface area contributed by atoms with Crippen molar-refractivity contribution in [1.82, 2.24) is 0 Å². The number of hydrogen-bond donors (Lipinski definition) is 0. The molecule has 0 aliphatic carbocycles. The Morgan fingerprint density at radius 1 is 1.18 bits per heavy atom. The van der Waals surface area contributed by atoms with Crippen molar-refractivity contribution in [2.24, 2.45) is 11.1 Å². The largest absolute Gasteiger partial charge is 0.458 e. The molecular weight excluding hydrogens is 350 g/mol. The number of allylic oxidation sites excluding steroid dienone is 3. The van der Waals surface area contributed by atoms with Crippen molar-refractivity contribution in [1.29, 1.82) is 0 Å². The first kappa shape index (κ1) is 21.9. The van der Waals surface area contributed by atoms with E-state index in [1.165, 1.54) is 0 Å². The van der Waals surface area contributed by atoms with Crippen LogP contribution < -0.4 is 0 Å². The van der Waals surface area contributed by atoms with Crippen LogP contribution in [0.1, 0.15) is 67.1 Å². The number of nitrogens with zero attached hydrogens (tertiary/aromatic N) is 1. The van der Waals surface area contributed by atoms with Gasteiger partial charge in [-0.3, -0.25) is 0 Å². The fraction of sp³-hybridized carbons (Fsp3) is 0.500. The summed E-state index contributed by atoms with van der Waals surface area (Å²) < 4.78 is 5.94.